The number of aliphatic hydroxyl groups is 1. The first kappa shape index (κ1) is 38.3. The minimum Gasteiger partial charge on any atom is -0.431 e. The molecule has 4 aromatic carbocycles. The molecule has 9 nitrogen and oxygen atoms in total. The number of ether oxygens (including phenoxy) is 2. The monoisotopic (exact) mass is 771 g/mol. The molecule has 0 saturated carbocycles. The molecule has 13 heteroatoms. The normalized spacial score (nSPS) is 21.4. The van der Waals surface area contributed by atoms with Gasteiger partial charge in [0.05, 0.1) is 18.8 Å². The summed E-state index contributed by atoms with van der Waals surface area (Å²) >= 11 is 1.46. The number of benzene rings is 4. The minimum absolute atomic E-state index is 0.0677. The van der Waals surface area contributed by atoms with Gasteiger partial charge in [-0.2, -0.15) is 13.2 Å². The highest BCUT2D eigenvalue weighted by Gasteiger charge is 2.47. The van der Waals surface area contributed by atoms with Crippen LogP contribution in [0, 0.1) is 5.92 Å². The van der Waals surface area contributed by atoms with Gasteiger partial charge in [0.15, 0.2) is 12.1 Å². The summed E-state index contributed by atoms with van der Waals surface area (Å²) < 4.78 is 58.8. The van der Waals surface area contributed by atoms with Crippen molar-refractivity contribution in [1.29, 1.82) is 0 Å². The van der Waals surface area contributed by atoms with E-state index >= 15 is 0 Å². The van der Waals surface area contributed by atoms with Crippen LogP contribution in [-0.4, -0.2) is 57.4 Å². The first-order chi connectivity index (χ1) is 26.6. The number of aliphatic hydroxyl groups excluding tert-OH is 1. The number of rotatable bonds is 11. The first-order valence-electron chi connectivity index (χ1n) is 18.1. The fourth-order valence-corrected chi connectivity index (χ4v) is 7.93. The standard InChI is InChI=1S/C42H40F3N3O6S/c1-26-34(25-55-41-47-35(29-9-4-2-5-10-29)37(54-41)30-11-6-3-7-12-30)52-39(53-36(26)31-18-16-28(24-49)17-19-31)32-20-14-27(15-21-32)23-46-38(50)33-13-8-22-48(33)40(51)42(43,44)45/h2-7,9-12,14-21,26,33-34,36,39,49H,8,13,22-25H2,1H3,(H,46,50)/t26-,33+,34+,36+,39+/m1/s1. The summed E-state index contributed by atoms with van der Waals surface area (Å²) in [5, 5.41) is 12.8. The number of carbonyl (C=O) groups excluding carboxylic acids is 2. The molecule has 0 radical (unpaired) electrons. The number of thioether (sulfide) groups is 1. The summed E-state index contributed by atoms with van der Waals surface area (Å²) in [7, 11) is 0. The fourth-order valence-electron chi connectivity index (χ4n) is 6.95. The summed E-state index contributed by atoms with van der Waals surface area (Å²) in [5.41, 5.74) is 5.79. The van der Waals surface area contributed by atoms with Gasteiger partial charge in [0, 0.05) is 41.5 Å². The predicted molar refractivity (Wildman–Crippen MR) is 200 cm³/mol. The van der Waals surface area contributed by atoms with Crippen molar-refractivity contribution in [2.45, 2.75) is 68.9 Å². The van der Waals surface area contributed by atoms with Gasteiger partial charge in [-0.1, -0.05) is 128 Å². The largest absolute Gasteiger partial charge is 0.471 e. The molecule has 286 valence electrons. The topological polar surface area (TPSA) is 114 Å². The lowest BCUT2D eigenvalue weighted by molar-refractivity contribution is -0.268. The van der Waals surface area contributed by atoms with E-state index in [9.17, 15) is 27.9 Å². The smallest absolute Gasteiger partial charge is 0.431 e. The van der Waals surface area contributed by atoms with Gasteiger partial charge in [-0.3, -0.25) is 9.59 Å². The van der Waals surface area contributed by atoms with Crippen LogP contribution in [0.1, 0.15) is 54.4 Å². The number of hydrogen-bond donors (Lipinski definition) is 2. The molecule has 5 aromatic rings. The van der Waals surface area contributed by atoms with E-state index in [0.29, 0.717) is 33.6 Å². The van der Waals surface area contributed by atoms with Gasteiger partial charge in [-0.05, 0) is 29.5 Å². The number of nitrogens with zero attached hydrogens (tertiary/aromatic N) is 2. The highest BCUT2D eigenvalue weighted by atomic mass is 32.2. The number of hydrogen-bond acceptors (Lipinski definition) is 8. The molecule has 2 fully saturated rings. The number of oxazole rings is 1. The van der Waals surface area contributed by atoms with Crippen LogP contribution in [0.25, 0.3) is 22.6 Å². The molecule has 0 aliphatic carbocycles. The van der Waals surface area contributed by atoms with E-state index in [2.05, 4.69) is 12.2 Å². The zero-order valence-corrected chi connectivity index (χ0v) is 30.8. The van der Waals surface area contributed by atoms with Crippen LogP contribution in [-0.2, 0) is 32.2 Å². The Balaban J connectivity index is 1.07. The molecule has 1 aromatic heterocycles. The Labute approximate surface area is 320 Å². The molecule has 2 aliphatic heterocycles. The highest BCUT2D eigenvalue weighted by molar-refractivity contribution is 7.99. The van der Waals surface area contributed by atoms with Crippen molar-refractivity contribution >= 4 is 23.6 Å². The van der Waals surface area contributed by atoms with Crippen molar-refractivity contribution in [2.24, 2.45) is 5.92 Å². The van der Waals surface area contributed by atoms with E-state index in [1.807, 2.05) is 97.1 Å². The molecule has 0 spiro atoms. The molecule has 2 aliphatic rings. The van der Waals surface area contributed by atoms with Gasteiger partial charge in [0.1, 0.15) is 11.7 Å². The fraction of sp³-hybridized carbons (Fsp3) is 0.310. The Hall–Kier alpha value is -4.95. The zero-order chi connectivity index (χ0) is 38.5. The van der Waals surface area contributed by atoms with Crippen molar-refractivity contribution in [3.05, 3.63) is 131 Å². The average molecular weight is 772 g/mol. The van der Waals surface area contributed by atoms with Crippen LogP contribution in [0.2, 0.25) is 0 Å². The van der Waals surface area contributed by atoms with Gasteiger partial charge in [-0.25, -0.2) is 4.98 Å². The van der Waals surface area contributed by atoms with E-state index in [4.69, 9.17) is 18.9 Å². The third-order valence-corrected chi connectivity index (χ3v) is 10.9. The number of alkyl halides is 3. The second kappa shape index (κ2) is 16.8. The third-order valence-electron chi connectivity index (χ3n) is 9.96. The second-order valence-corrected chi connectivity index (χ2v) is 14.6. The SMILES string of the molecule is C[C@@H]1[C@H](CSc2nc(-c3ccccc3)c(-c3ccccc3)o2)O[C@H](c2ccc(CNC(=O)[C@@H]3CCCN3C(=O)C(F)(F)F)cc2)O[C@@H]1c1ccc(CO)cc1. The molecule has 55 heavy (non-hydrogen) atoms. The predicted octanol–water partition coefficient (Wildman–Crippen LogP) is 8.25. The molecule has 2 saturated heterocycles. The Bertz CT molecular complexity index is 2010. The van der Waals surface area contributed by atoms with Gasteiger partial charge >= 0.3 is 12.1 Å². The van der Waals surface area contributed by atoms with Crippen LogP contribution >= 0.6 is 11.8 Å². The number of halogens is 3. The molecule has 2 N–H and O–H groups in total. The number of aromatic nitrogens is 1. The third kappa shape index (κ3) is 8.80. The minimum atomic E-state index is -5.03. The molecule has 5 atom stereocenters. The van der Waals surface area contributed by atoms with E-state index in [1.54, 1.807) is 12.1 Å². The maximum atomic E-state index is 13.1. The maximum absolute atomic E-state index is 13.1. The Morgan fingerprint density at radius 2 is 1.51 bits per heavy atom. The van der Waals surface area contributed by atoms with Crippen LogP contribution in [0.5, 0.6) is 0 Å². The number of carbonyl (C=O) groups is 2. The summed E-state index contributed by atoms with van der Waals surface area (Å²) in [6.45, 7) is 1.96. The van der Waals surface area contributed by atoms with Gasteiger partial charge in [0.25, 0.3) is 5.22 Å². The summed E-state index contributed by atoms with van der Waals surface area (Å²) in [6, 6.07) is 33.5. The van der Waals surface area contributed by atoms with E-state index in [-0.39, 0.29) is 44.2 Å². The summed E-state index contributed by atoms with van der Waals surface area (Å²) in [4.78, 5) is 30.2. The van der Waals surface area contributed by atoms with Crippen molar-refractivity contribution in [3.8, 4) is 22.6 Å². The quantitative estimate of drug-likeness (QED) is 0.129. The van der Waals surface area contributed by atoms with Crippen LogP contribution in [0.4, 0.5) is 13.2 Å². The van der Waals surface area contributed by atoms with E-state index in [1.165, 1.54) is 11.8 Å². The van der Waals surface area contributed by atoms with Gasteiger partial charge in [-0.15, -0.1) is 0 Å². The van der Waals surface area contributed by atoms with Gasteiger partial charge < -0.3 is 29.2 Å². The molecular weight excluding hydrogens is 732 g/mol. The molecule has 0 unspecified atom stereocenters. The van der Waals surface area contributed by atoms with Crippen molar-refractivity contribution in [3.63, 3.8) is 0 Å². The summed E-state index contributed by atoms with van der Waals surface area (Å²) in [6.07, 6.45) is -5.95. The van der Waals surface area contributed by atoms with Crippen molar-refractivity contribution in [2.75, 3.05) is 12.3 Å². The van der Waals surface area contributed by atoms with Crippen molar-refractivity contribution < 1.29 is 41.8 Å². The van der Waals surface area contributed by atoms with Gasteiger partial charge in [0.2, 0.25) is 5.91 Å². The molecule has 0 bridgehead atoms. The average Bonchev–Trinajstić information content (AvgIpc) is 3.88. The Morgan fingerprint density at radius 1 is 0.873 bits per heavy atom. The Kier molecular flexibility index (Phi) is 11.7. The van der Waals surface area contributed by atoms with E-state index in [0.717, 1.165) is 33.5 Å². The number of amides is 2. The van der Waals surface area contributed by atoms with Crippen molar-refractivity contribution in [1.82, 2.24) is 15.2 Å². The molecule has 2 amide bonds. The number of nitrogens with one attached hydrogen (secondary N) is 1. The molecule has 7 rings (SSSR count). The molecule has 3 heterocycles. The second-order valence-electron chi connectivity index (χ2n) is 13.6. The van der Waals surface area contributed by atoms with Crippen LogP contribution in [0.15, 0.2) is 119 Å². The molecular formula is C42H40F3N3O6S. The Morgan fingerprint density at radius 3 is 2.16 bits per heavy atom. The zero-order valence-electron chi connectivity index (χ0n) is 29.9. The lowest BCUT2D eigenvalue weighted by Crippen LogP contribution is -2.50. The van der Waals surface area contributed by atoms with E-state index < -0.39 is 30.3 Å². The lowest BCUT2D eigenvalue weighted by Gasteiger charge is -2.41. The van der Waals surface area contributed by atoms with Crippen LogP contribution in [0.3, 0.4) is 0 Å². The highest BCUT2D eigenvalue weighted by Crippen LogP contribution is 2.44. The maximum Gasteiger partial charge on any atom is 0.471 e. The number of likely N-dealkylation sites (tertiary alicyclic amines) is 1. The first-order valence-corrected chi connectivity index (χ1v) is 19.1. The van der Waals surface area contributed by atoms with Crippen LogP contribution < -0.4 is 5.32 Å². The summed E-state index contributed by atoms with van der Waals surface area (Å²) in [5.74, 6) is -1.52. The lowest BCUT2D eigenvalue weighted by atomic mass is 9.91.